The standard InChI is InChI=1S/C16H23FO2/c1-3-4-12-5-7-14(18)16(10-12)19-15-8-6-13(17)9-11(15)2/h6,8-9,12,14,16,18H,3-5,7,10H2,1-2H3. The summed E-state index contributed by atoms with van der Waals surface area (Å²) in [7, 11) is 0. The van der Waals surface area contributed by atoms with Crippen molar-refractivity contribution in [3.63, 3.8) is 0 Å². The number of hydrogen-bond donors (Lipinski definition) is 1. The Hall–Kier alpha value is -1.09. The molecule has 0 spiro atoms. The topological polar surface area (TPSA) is 29.5 Å². The number of hydrogen-bond acceptors (Lipinski definition) is 2. The van der Waals surface area contributed by atoms with E-state index < -0.39 is 6.10 Å². The number of aliphatic hydroxyl groups excluding tert-OH is 1. The molecule has 2 rings (SSSR count). The van der Waals surface area contributed by atoms with Crippen LogP contribution in [-0.4, -0.2) is 17.3 Å². The summed E-state index contributed by atoms with van der Waals surface area (Å²) >= 11 is 0. The van der Waals surface area contributed by atoms with Gasteiger partial charge in [0.25, 0.3) is 0 Å². The van der Waals surface area contributed by atoms with Crippen molar-refractivity contribution in [2.24, 2.45) is 5.92 Å². The van der Waals surface area contributed by atoms with E-state index in [1.807, 2.05) is 6.92 Å². The Bertz CT molecular complexity index is 419. The summed E-state index contributed by atoms with van der Waals surface area (Å²) in [5.74, 6) is 1.07. The van der Waals surface area contributed by atoms with Crippen molar-refractivity contribution in [3.05, 3.63) is 29.6 Å². The summed E-state index contributed by atoms with van der Waals surface area (Å²) in [5, 5.41) is 10.1. The molecule has 1 aromatic rings. The van der Waals surface area contributed by atoms with Crippen molar-refractivity contribution in [1.82, 2.24) is 0 Å². The molecule has 3 unspecified atom stereocenters. The van der Waals surface area contributed by atoms with E-state index in [1.54, 1.807) is 6.07 Å². The summed E-state index contributed by atoms with van der Waals surface area (Å²) in [6, 6.07) is 4.52. The summed E-state index contributed by atoms with van der Waals surface area (Å²) in [6.45, 7) is 4.02. The second-order valence-electron chi connectivity index (χ2n) is 5.60. The molecule has 3 atom stereocenters. The van der Waals surface area contributed by atoms with Crippen LogP contribution in [0.15, 0.2) is 18.2 Å². The molecule has 1 fully saturated rings. The maximum absolute atomic E-state index is 13.1. The zero-order valence-corrected chi connectivity index (χ0v) is 11.7. The van der Waals surface area contributed by atoms with Crippen LogP contribution in [0.3, 0.4) is 0 Å². The first kappa shape index (κ1) is 14.3. The average Bonchev–Trinajstić information content (AvgIpc) is 2.37. The third-order valence-corrected chi connectivity index (χ3v) is 3.98. The van der Waals surface area contributed by atoms with E-state index >= 15 is 0 Å². The van der Waals surface area contributed by atoms with Crippen molar-refractivity contribution in [3.8, 4) is 5.75 Å². The largest absolute Gasteiger partial charge is 0.487 e. The summed E-state index contributed by atoms with van der Waals surface area (Å²) < 4.78 is 19.0. The van der Waals surface area contributed by atoms with Crippen LogP contribution in [0.2, 0.25) is 0 Å². The molecule has 1 aromatic carbocycles. The first-order valence-corrected chi connectivity index (χ1v) is 7.21. The van der Waals surface area contributed by atoms with Gasteiger partial charge in [-0.3, -0.25) is 0 Å². The maximum Gasteiger partial charge on any atom is 0.125 e. The van der Waals surface area contributed by atoms with E-state index in [0.29, 0.717) is 11.7 Å². The first-order valence-electron chi connectivity index (χ1n) is 7.21. The molecular weight excluding hydrogens is 243 g/mol. The molecule has 1 N–H and O–H groups in total. The van der Waals surface area contributed by atoms with Gasteiger partial charge in [-0.1, -0.05) is 19.8 Å². The molecule has 1 aliphatic carbocycles. The van der Waals surface area contributed by atoms with E-state index in [9.17, 15) is 9.50 Å². The van der Waals surface area contributed by atoms with Crippen molar-refractivity contribution in [2.75, 3.05) is 0 Å². The van der Waals surface area contributed by atoms with Crippen LogP contribution in [-0.2, 0) is 0 Å². The van der Waals surface area contributed by atoms with Crippen LogP contribution in [0.25, 0.3) is 0 Å². The SMILES string of the molecule is CCCC1CCC(O)C(Oc2ccc(F)cc2C)C1. The fourth-order valence-corrected chi connectivity index (χ4v) is 2.90. The highest BCUT2D eigenvalue weighted by atomic mass is 19.1. The number of rotatable bonds is 4. The Morgan fingerprint density at radius 1 is 1.37 bits per heavy atom. The third kappa shape index (κ3) is 3.69. The van der Waals surface area contributed by atoms with Gasteiger partial charge in [0.1, 0.15) is 17.7 Å². The Morgan fingerprint density at radius 2 is 2.16 bits per heavy atom. The molecule has 0 heterocycles. The van der Waals surface area contributed by atoms with Crippen LogP contribution in [0, 0.1) is 18.7 Å². The molecule has 3 heteroatoms. The van der Waals surface area contributed by atoms with Crippen LogP contribution >= 0.6 is 0 Å². The van der Waals surface area contributed by atoms with Gasteiger partial charge >= 0.3 is 0 Å². The van der Waals surface area contributed by atoms with E-state index in [0.717, 1.165) is 24.8 Å². The first-order chi connectivity index (χ1) is 9.10. The lowest BCUT2D eigenvalue weighted by Crippen LogP contribution is -2.38. The van der Waals surface area contributed by atoms with E-state index in [-0.39, 0.29) is 11.9 Å². The van der Waals surface area contributed by atoms with Gasteiger partial charge < -0.3 is 9.84 Å². The predicted molar refractivity (Wildman–Crippen MR) is 73.8 cm³/mol. The van der Waals surface area contributed by atoms with Crippen LogP contribution in [0.1, 0.15) is 44.6 Å². The minimum Gasteiger partial charge on any atom is -0.487 e. The molecular formula is C16H23FO2. The minimum absolute atomic E-state index is 0.158. The third-order valence-electron chi connectivity index (χ3n) is 3.98. The van der Waals surface area contributed by atoms with Crippen molar-refractivity contribution < 1.29 is 14.2 Å². The number of ether oxygens (including phenoxy) is 1. The number of aryl methyl sites for hydroxylation is 1. The molecule has 1 saturated carbocycles. The summed E-state index contributed by atoms with van der Waals surface area (Å²) in [6.07, 6.45) is 4.57. The fourth-order valence-electron chi connectivity index (χ4n) is 2.90. The number of halogens is 1. The summed E-state index contributed by atoms with van der Waals surface area (Å²) in [5.41, 5.74) is 0.782. The summed E-state index contributed by atoms with van der Waals surface area (Å²) in [4.78, 5) is 0. The molecule has 19 heavy (non-hydrogen) atoms. The lowest BCUT2D eigenvalue weighted by molar-refractivity contribution is -0.0120. The smallest absolute Gasteiger partial charge is 0.125 e. The molecule has 0 aromatic heterocycles. The molecule has 2 nitrogen and oxygen atoms in total. The van der Waals surface area contributed by atoms with Gasteiger partial charge in [0, 0.05) is 0 Å². The Kier molecular flexibility index (Phi) is 4.81. The molecule has 0 amide bonds. The fraction of sp³-hybridized carbons (Fsp3) is 0.625. The Labute approximate surface area is 114 Å². The lowest BCUT2D eigenvalue weighted by atomic mass is 9.83. The highest BCUT2D eigenvalue weighted by Crippen LogP contribution is 2.31. The predicted octanol–water partition coefficient (Wildman–Crippen LogP) is 3.84. The minimum atomic E-state index is -0.405. The van der Waals surface area contributed by atoms with Gasteiger partial charge in [-0.2, -0.15) is 0 Å². The van der Waals surface area contributed by atoms with Gasteiger partial charge in [0.2, 0.25) is 0 Å². The van der Waals surface area contributed by atoms with Crippen molar-refractivity contribution in [1.29, 1.82) is 0 Å². The van der Waals surface area contributed by atoms with Gasteiger partial charge in [-0.05, 0) is 55.9 Å². The zero-order chi connectivity index (χ0) is 13.8. The van der Waals surface area contributed by atoms with Crippen LogP contribution in [0.5, 0.6) is 5.75 Å². The monoisotopic (exact) mass is 266 g/mol. The number of benzene rings is 1. The Balaban J connectivity index is 2.03. The van der Waals surface area contributed by atoms with Gasteiger partial charge in [0.05, 0.1) is 6.10 Å². The van der Waals surface area contributed by atoms with E-state index in [1.165, 1.54) is 25.0 Å². The van der Waals surface area contributed by atoms with Crippen molar-refractivity contribution >= 4 is 0 Å². The average molecular weight is 266 g/mol. The van der Waals surface area contributed by atoms with Gasteiger partial charge in [0.15, 0.2) is 0 Å². The molecule has 0 bridgehead atoms. The van der Waals surface area contributed by atoms with Crippen LogP contribution < -0.4 is 4.74 Å². The van der Waals surface area contributed by atoms with Crippen LogP contribution in [0.4, 0.5) is 4.39 Å². The highest BCUT2D eigenvalue weighted by Gasteiger charge is 2.30. The Morgan fingerprint density at radius 3 is 2.84 bits per heavy atom. The highest BCUT2D eigenvalue weighted by molar-refractivity contribution is 5.32. The lowest BCUT2D eigenvalue weighted by Gasteiger charge is -2.33. The second-order valence-corrected chi connectivity index (χ2v) is 5.60. The van der Waals surface area contributed by atoms with Gasteiger partial charge in [-0.25, -0.2) is 4.39 Å². The van der Waals surface area contributed by atoms with Gasteiger partial charge in [-0.15, -0.1) is 0 Å². The molecule has 0 saturated heterocycles. The normalized spacial score (nSPS) is 27.3. The maximum atomic E-state index is 13.1. The molecule has 106 valence electrons. The second kappa shape index (κ2) is 6.38. The molecule has 1 aliphatic rings. The van der Waals surface area contributed by atoms with Crippen molar-refractivity contribution in [2.45, 2.75) is 58.2 Å². The molecule has 0 aliphatic heterocycles. The van der Waals surface area contributed by atoms with E-state index in [2.05, 4.69) is 6.92 Å². The molecule has 0 radical (unpaired) electrons. The van der Waals surface area contributed by atoms with E-state index in [4.69, 9.17) is 4.74 Å². The quantitative estimate of drug-likeness (QED) is 0.897. The zero-order valence-electron chi connectivity index (χ0n) is 11.7. The number of aliphatic hydroxyl groups is 1.